The number of carbonyl (C=O) groups excluding carboxylic acids is 1. The molecule has 2 aromatic heterocycles. The number of H-pyrrole nitrogens is 1. The van der Waals surface area contributed by atoms with E-state index in [-0.39, 0.29) is 35.8 Å². The molecule has 1 amide bonds. The quantitative estimate of drug-likeness (QED) is 0.314. The first-order chi connectivity index (χ1) is 16.2. The molecule has 178 valence electrons. The van der Waals surface area contributed by atoms with Crippen LogP contribution in [0.1, 0.15) is 53.2 Å². The number of rotatable bonds is 9. The molecule has 1 aromatic carbocycles. The van der Waals surface area contributed by atoms with Crippen molar-refractivity contribution in [3.63, 3.8) is 0 Å². The Morgan fingerprint density at radius 3 is 2.79 bits per heavy atom. The van der Waals surface area contributed by atoms with Crippen LogP contribution < -0.4 is 16.6 Å². The van der Waals surface area contributed by atoms with Crippen molar-refractivity contribution in [1.82, 2.24) is 19.9 Å². The van der Waals surface area contributed by atoms with Gasteiger partial charge in [-0.25, -0.2) is 9.78 Å². The van der Waals surface area contributed by atoms with Crippen LogP contribution in [-0.2, 0) is 22.6 Å². The van der Waals surface area contributed by atoms with Gasteiger partial charge in [0.2, 0.25) is 5.95 Å². The number of amides is 1. The summed E-state index contributed by atoms with van der Waals surface area (Å²) in [6.45, 7) is 0.666. The minimum atomic E-state index is -1.29. The molecule has 6 N–H and O–H groups in total. The van der Waals surface area contributed by atoms with Gasteiger partial charge >= 0.3 is 11.9 Å². The van der Waals surface area contributed by atoms with Gasteiger partial charge < -0.3 is 25.8 Å². The molecule has 2 heterocycles. The topological polar surface area (TPSA) is 180 Å². The van der Waals surface area contributed by atoms with Crippen molar-refractivity contribution in [2.45, 2.75) is 50.6 Å². The smallest absolute Gasteiger partial charge is 0.326 e. The highest BCUT2D eigenvalue weighted by Gasteiger charge is 2.27. The number of anilines is 1. The fourth-order valence-corrected chi connectivity index (χ4v) is 4.50. The number of aliphatic carboxylic acids is 2. The Hall–Kier alpha value is -4.15. The van der Waals surface area contributed by atoms with Crippen LogP contribution in [0.15, 0.2) is 35.3 Å². The van der Waals surface area contributed by atoms with E-state index in [1.165, 1.54) is 0 Å². The van der Waals surface area contributed by atoms with Crippen LogP contribution in [0.3, 0.4) is 0 Å². The van der Waals surface area contributed by atoms with Crippen LogP contribution >= 0.6 is 0 Å². The number of aryl methyl sites for hydroxylation is 2. The summed E-state index contributed by atoms with van der Waals surface area (Å²) in [6, 6.07) is 5.63. The van der Waals surface area contributed by atoms with Crippen LogP contribution in [0.2, 0.25) is 0 Å². The number of nitrogen functional groups attached to an aromatic ring is 1. The first-order valence-corrected chi connectivity index (χ1v) is 11.0. The number of fused-ring (bicyclic) bond motifs is 2. The molecule has 0 saturated carbocycles. The molecule has 0 spiro atoms. The number of hydrogen-bond acceptors (Lipinski definition) is 6. The molecule has 11 nitrogen and oxygen atoms in total. The number of nitrogens with zero attached hydrogens (tertiary/aromatic N) is 2. The first kappa shape index (κ1) is 23.0. The van der Waals surface area contributed by atoms with Crippen molar-refractivity contribution < 1.29 is 24.6 Å². The molecular weight excluding hydrogens is 442 g/mol. The normalized spacial score (nSPS) is 15.7. The van der Waals surface area contributed by atoms with Gasteiger partial charge in [0.25, 0.3) is 11.5 Å². The zero-order valence-corrected chi connectivity index (χ0v) is 18.3. The number of carbonyl (C=O) groups is 3. The lowest BCUT2D eigenvalue weighted by Crippen LogP contribution is -2.41. The van der Waals surface area contributed by atoms with Gasteiger partial charge in [-0.05, 0) is 55.9 Å². The van der Waals surface area contributed by atoms with E-state index in [0.717, 1.165) is 35.9 Å². The van der Waals surface area contributed by atoms with Crippen molar-refractivity contribution in [2.75, 3.05) is 5.73 Å². The summed E-state index contributed by atoms with van der Waals surface area (Å²) >= 11 is 0. The van der Waals surface area contributed by atoms with Gasteiger partial charge in [-0.2, -0.15) is 0 Å². The van der Waals surface area contributed by atoms with Crippen molar-refractivity contribution in [3.05, 3.63) is 57.6 Å². The van der Waals surface area contributed by atoms with E-state index in [9.17, 15) is 24.3 Å². The predicted octanol–water partition coefficient (Wildman–Crippen LogP) is 1.47. The standard InChI is InChI=1S/C23H25N5O6/c24-23-26-15-3-1-12(19(15)21(32)27-23)7-9-28-10-8-13-11-14(2-5-17(13)28)20(31)25-16(22(33)34)4-6-18(29)30/h2,5,8,10-12,16H,1,3-4,6-7,9H2,(H,25,31)(H,29,30)(H,33,34)(H3,24,26,27,32)/t12?,16-/m0/s1. The third-order valence-electron chi connectivity index (χ3n) is 6.19. The summed E-state index contributed by atoms with van der Waals surface area (Å²) < 4.78 is 2.04. The Kier molecular flexibility index (Phi) is 6.35. The van der Waals surface area contributed by atoms with Gasteiger partial charge in [-0.3, -0.25) is 19.4 Å². The van der Waals surface area contributed by atoms with Crippen LogP contribution in [0.25, 0.3) is 10.9 Å². The van der Waals surface area contributed by atoms with Crippen LogP contribution in [0.5, 0.6) is 0 Å². The summed E-state index contributed by atoms with van der Waals surface area (Å²) in [6.07, 6.45) is 3.65. The Morgan fingerprint density at radius 2 is 2.06 bits per heavy atom. The highest BCUT2D eigenvalue weighted by molar-refractivity contribution is 5.99. The first-order valence-electron chi connectivity index (χ1n) is 11.0. The van der Waals surface area contributed by atoms with Gasteiger partial charge in [-0.15, -0.1) is 0 Å². The molecular formula is C23H25N5O6. The van der Waals surface area contributed by atoms with Crippen LogP contribution in [0, 0.1) is 0 Å². The molecule has 0 saturated heterocycles. The summed E-state index contributed by atoms with van der Waals surface area (Å²) in [4.78, 5) is 53.8. The third kappa shape index (κ3) is 4.77. The minimum Gasteiger partial charge on any atom is -0.481 e. The highest BCUT2D eigenvalue weighted by atomic mass is 16.4. The number of carboxylic acid groups (broad SMARTS) is 2. The maximum absolute atomic E-state index is 12.6. The Bertz CT molecular complexity index is 1330. The fourth-order valence-electron chi connectivity index (χ4n) is 4.50. The third-order valence-corrected chi connectivity index (χ3v) is 6.19. The monoisotopic (exact) mass is 467 g/mol. The number of hydrogen-bond donors (Lipinski definition) is 5. The Morgan fingerprint density at radius 1 is 1.26 bits per heavy atom. The number of nitrogens with one attached hydrogen (secondary N) is 2. The lowest BCUT2D eigenvalue weighted by atomic mass is 10.00. The van der Waals surface area contributed by atoms with Crippen LogP contribution in [0.4, 0.5) is 5.95 Å². The average Bonchev–Trinajstić information content (AvgIpc) is 3.38. The lowest BCUT2D eigenvalue weighted by Gasteiger charge is -2.14. The van der Waals surface area contributed by atoms with Crippen molar-refractivity contribution >= 4 is 34.7 Å². The summed E-state index contributed by atoms with van der Waals surface area (Å²) in [5, 5.41) is 21.2. The number of aromatic nitrogens is 3. The zero-order chi connectivity index (χ0) is 24.4. The van der Waals surface area contributed by atoms with E-state index >= 15 is 0 Å². The summed E-state index contributed by atoms with van der Waals surface area (Å²) in [5.74, 6) is -2.77. The molecule has 1 aliphatic carbocycles. The van der Waals surface area contributed by atoms with E-state index < -0.39 is 23.9 Å². The fraction of sp³-hybridized carbons (Fsp3) is 0.348. The average molecular weight is 467 g/mol. The van der Waals surface area contributed by atoms with E-state index in [4.69, 9.17) is 10.8 Å². The molecule has 0 aliphatic heterocycles. The Balaban J connectivity index is 1.45. The van der Waals surface area contributed by atoms with Crippen molar-refractivity contribution in [3.8, 4) is 0 Å². The van der Waals surface area contributed by atoms with E-state index in [1.54, 1.807) is 18.2 Å². The largest absolute Gasteiger partial charge is 0.481 e. The molecule has 11 heteroatoms. The van der Waals surface area contributed by atoms with Gasteiger partial charge in [-0.1, -0.05) is 0 Å². The zero-order valence-electron chi connectivity index (χ0n) is 18.3. The molecule has 0 radical (unpaired) electrons. The molecule has 0 fully saturated rings. The molecule has 1 unspecified atom stereocenters. The Labute approximate surface area is 193 Å². The van der Waals surface area contributed by atoms with Gasteiger partial charge in [0.1, 0.15) is 6.04 Å². The second-order valence-corrected chi connectivity index (χ2v) is 8.42. The molecule has 0 bridgehead atoms. The van der Waals surface area contributed by atoms with Gasteiger partial charge in [0.05, 0.1) is 5.69 Å². The van der Waals surface area contributed by atoms with Crippen molar-refractivity contribution in [2.24, 2.45) is 0 Å². The number of aromatic amines is 1. The highest BCUT2D eigenvalue weighted by Crippen LogP contribution is 2.33. The molecule has 1 aliphatic rings. The maximum atomic E-state index is 12.6. The maximum Gasteiger partial charge on any atom is 0.326 e. The van der Waals surface area contributed by atoms with Gasteiger partial charge in [0, 0.05) is 41.2 Å². The van der Waals surface area contributed by atoms with Crippen LogP contribution in [-0.4, -0.2) is 48.6 Å². The second-order valence-electron chi connectivity index (χ2n) is 8.42. The van der Waals surface area contributed by atoms with E-state index in [1.807, 2.05) is 16.8 Å². The van der Waals surface area contributed by atoms with E-state index in [0.29, 0.717) is 12.1 Å². The molecule has 3 aromatic rings. The molecule has 2 atom stereocenters. The SMILES string of the molecule is Nc1nc2c(c(=O)[nH]1)C(CCn1ccc3cc(C(=O)N[C@@H](CCC(=O)O)C(=O)O)ccc31)CC2. The minimum absolute atomic E-state index is 0.0908. The van der Waals surface area contributed by atoms with Gasteiger partial charge in [0.15, 0.2) is 0 Å². The number of nitrogens with two attached hydrogens (primary N) is 1. The summed E-state index contributed by atoms with van der Waals surface area (Å²) in [7, 11) is 0. The number of carboxylic acids is 2. The molecule has 34 heavy (non-hydrogen) atoms. The molecule has 4 rings (SSSR count). The van der Waals surface area contributed by atoms with E-state index in [2.05, 4.69) is 15.3 Å². The van der Waals surface area contributed by atoms with Crippen molar-refractivity contribution in [1.29, 1.82) is 0 Å². The summed E-state index contributed by atoms with van der Waals surface area (Å²) in [5.41, 5.74) is 8.12. The second kappa shape index (κ2) is 9.38. The number of benzene rings is 1. The lowest BCUT2D eigenvalue weighted by molar-refractivity contribution is -0.140. The predicted molar refractivity (Wildman–Crippen MR) is 123 cm³/mol.